The summed E-state index contributed by atoms with van der Waals surface area (Å²) in [6.45, 7) is 0. The van der Waals surface area contributed by atoms with Gasteiger partial charge < -0.3 is 0 Å². The molecule has 1 aromatic carbocycles. The minimum atomic E-state index is 0. The second kappa shape index (κ2) is 4.16. The molecule has 3 rings (SSSR count). The van der Waals surface area contributed by atoms with E-state index in [4.69, 9.17) is 0 Å². The van der Waals surface area contributed by atoms with E-state index in [1.807, 2.05) is 24.4 Å². The van der Waals surface area contributed by atoms with E-state index >= 15 is 0 Å². The molecule has 0 spiro atoms. The number of fused-ring (bicyclic) bond motifs is 3. The molecule has 0 aliphatic carbocycles. The fraction of sp³-hybridized carbons (Fsp3) is 0. The fourth-order valence-electron chi connectivity index (χ4n) is 1.70. The zero-order valence-corrected chi connectivity index (χ0v) is 12.3. The van der Waals surface area contributed by atoms with Crippen LogP contribution in [0.1, 0.15) is 0 Å². The van der Waals surface area contributed by atoms with Gasteiger partial charge in [0.05, 0.1) is 11.0 Å². The van der Waals surface area contributed by atoms with Gasteiger partial charge in [0, 0.05) is 23.2 Å². The van der Waals surface area contributed by atoms with Crippen molar-refractivity contribution in [3.05, 3.63) is 48.8 Å². The van der Waals surface area contributed by atoms with Gasteiger partial charge >= 0.3 is 24.4 Å². The van der Waals surface area contributed by atoms with Crippen molar-refractivity contribution < 1.29 is 0 Å². The average Bonchev–Trinajstić information content (AvgIpc) is 2.29. The molecule has 2 nitrogen and oxygen atoms in total. The summed E-state index contributed by atoms with van der Waals surface area (Å²) in [6.07, 6.45) is 3.62. The van der Waals surface area contributed by atoms with Crippen LogP contribution in [0.25, 0.3) is 21.8 Å². The minimum Gasteiger partial charge on any atom is -0.256 e. The van der Waals surface area contributed by atoms with E-state index in [1.54, 1.807) is 6.20 Å². The summed E-state index contributed by atoms with van der Waals surface area (Å²) in [6, 6.07) is 12.1. The van der Waals surface area contributed by atoms with Crippen LogP contribution in [0.15, 0.2) is 48.8 Å². The van der Waals surface area contributed by atoms with Crippen LogP contribution < -0.4 is 0 Å². The quantitative estimate of drug-likeness (QED) is 0.466. The van der Waals surface area contributed by atoms with Gasteiger partial charge in [0.15, 0.2) is 0 Å². The summed E-state index contributed by atoms with van der Waals surface area (Å²) in [5.74, 6) is 0. The van der Waals surface area contributed by atoms with E-state index in [0.29, 0.717) is 0 Å². The van der Waals surface area contributed by atoms with Crippen LogP contribution in [-0.4, -0.2) is 34.4 Å². The fourth-order valence-corrected chi connectivity index (χ4v) is 1.70. The second-order valence-corrected chi connectivity index (χ2v) is 3.21. The number of nitrogens with zero attached hydrogens (tertiary/aromatic N) is 2. The first kappa shape index (κ1) is 10.4. The zero-order chi connectivity index (χ0) is 9.38. The molecule has 0 saturated heterocycles. The topological polar surface area (TPSA) is 25.8 Å². The summed E-state index contributed by atoms with van der Waals surface area (Å²) in [5, 5.41) is 2.28. The third-order valence-corrected chi connectivity index (χ3v) is 2.35. The van der Waals surface area contributed by atoms with Gasteiger partial charge in [0.2, 0.25) is 0 Å². The van der Waals surface area contributed by atoms with Crippen LogP contribution in [0.5, 0.6) is 0 Å². The number of rotatable bonds is 0. The standard InChI is InChI=1S/C12H8N2.Sb.3H/c1-3-9-5-6-11-10(4-2-7-13-11)12(9)14-8-1;;;;/h1-8H;;;;. The van der Waals surface area contributed by atoms with E-state index in [1.165, 1.54) is 0 Å². The predicted octanol–water partition coefficient (Wildman–Crippen LogP) is 1.60. The molecule has 0 aliphatic rings. The zero-order valence-electron chi connectivity index (χ0n) is 8.22. The molecular weight excluding hydrogens is 294 g/mol. The van der Waals surface area contributed by atoms with Crippen molar-refractivity contribution in [3.63, 3.8) is 0 Å². The van der Waals surface area contributed by atoms with Gasteiger partial charge in [-0.05, 0) is 24.3 Å². The van der Waals surface area contributed by atoms with Gasteiger partial charge in [-0.15, -0.1) is 0 Å². The first-order chi connectivity index (χ1) is 6.95. The van der Waals surface area contributed by atoms with Crippen molar-refractivity contribution in [1.29, 1.82) is 0 Å². The van der Waals surface area contributed by atoms with Crippen LogP contribution in [0.3, 0.4) is 0 Å². The van der Waals surface area contributed by atoms with E-state index in [2.05, 4.69) is 28.2 Å². The van der Waals surface area contributed by atoms with Gasteiger partial charge in [0.25, 0.3) is 0 Å². The third kappa shape index (κ3) is 1.70. The molecule has 15 heavy (non-hydrogen) atoms. The molecule has 0 radical (unpaired) electrons. The number of pyridine rings is 2. The maximum Gasteiger partial charge on any atom is 0.0795 e. The normalized spacial score (nSPS) is 10.1. The predicted molar refractivity (Wildman–Crippen MR) is 67.0 cm³/mol. The van der Waals surface area contributed by atoms with Crippen molar-refractivity contribution in [2.45, 2.75) is 0 Å². The number of benzene rings is 1. The average molecular weight is 305 g/mol. The Hall–Kier alpha value is -1.14. The molecular formula is C12H11N2Sb. The van der Waals surface area contributed by atoms with Gasteiger partial charge in [-0.1, -0.05) is 12.1 Å². The van der Waals surface area contributed by atoms with Crippen molar-refractivity contribution in [2.24, 2.45) is 0 Å². The van der Waals surface area contributed by atoms with Gasteiger partial charge in [-0.25, -0.2) is 0 Å². The van der Waals surface area contributed by atoms with Crippen molar-refractivity contribution in [2.75, 3.05) is 0 Å². The Balaban J connectivity index is 0.000000853. The summed E-state index contributed by atoms with van der Waals surface area (Å²) in [4.78, 5) is 8.66. The van der Waals surface area contributed by atoms with Crippen LogP contribution >= 0.6 is 0 Å². The van der Waals surface area contributed by atoms with Gasteiger partial charge in [0.1, 0.15) is 0 Å². The molecule has 0 atom stereocenters. The monoisotopic (exact) mass is 304 g/mol. The van der Waals surface area contributed by atoms with Crippen LogP contribution in [-0.2, 0) is 0 Å². The van der Waals surface area contributed by atoms with Crippen LogP contribution in [0.4, 0.5) is 0 Å². The molecule has 0 saturated carbocycles. The van der Waals surface area contributed by atoms with E-state index in [9.17, 15) is 0 Å². The summed E-state index contributed by atoms with van der Waals surface area (Å²) in [7, 11) is 0. The molecule has 0 N–H and O–H groups in total. The third-order valence-electron chi connectivity index (χ3n) is 2.35. The Morgan fingerprint density at radius 1 is 0.800 bits per heavy atom. The molecule has 0 unspecified atom stereocenters. The molecule has 3 heteroatoms. The van der Waals surface area contributed by atoms with Gasteiger partial charge in [-0.3, -0.25) is 9.97 Å². The molecule has 0 fully saturated rings. The molecule has 0 aliphatic heterocycles. The maximum absolute atomic E-state index is 4.37. The number of hydrogen-bond acceptors (Lipinski definition) is 2. The molecule has 2 aromatic heterocycles. The first-order valence-corrected chi connectivity index (χ1v) is 4.53. The molecule has 0 bridgehead atoms. The molecule has 0 amide bonds. The summed E-state index contributed by atoms with van der Waals surface area (Å²) >= 11 is 0. The van der Waals surface area contributed by atoms with Crippen LogP contribution in [0.2, 0.25) is 0 Å². The molecule has 2 heterocycles. The summed E-state index contributed by atoms with van der Waals surface area (Å²) in [5.41, 5.74) is 2.02. The van der Waals surface area contributed by atoms with Gasteiger partial charge in [-0.2, -0.15) is 0 Å². The largest absolute Gasteiger partial charge is 0.256 e. The first-order valence-electron chi connectivity index (χ1n) is 4.53. The summed E-state index contributed by atoms with van der Waals surface area (Å²) < 4.78 is 0. The number of hydrogen-bond donors (Lipinski definition) is 0. The van der Waals surface area contributed by atoms with E-state index in [-0.39, 0.29) is 24.4 Å². The molecule has 3 aromatic rings. The van der Waals surface area contributed by atoms with Crippen LogP contribution in [0, 0.1) is 0 Å². The Bertz CT molecular complexity index is 553. The Labute approximate surface area is 105 Å². The smallest absolute Gasteiger partial charge is 0.0795 e. The van der Waals surface area contributed by atoms with Crippen molar-refractivity contribution >= 4 is 46.2 Å². The number of aromatic nitrogens is 2. The Morgan fingerprint density at radius 2 is 1.60 bits per heavy atom. The van der Waals surface area contributed by atoms with E-state index in [0.717, 1.165) is 21.8 Å². The maximum atomic E-state index is 4.37. The minimum absolute atomic E-state index is 0. The SMILES string of the molecule is [SbH3].c1cnc2c(c1)ccc1ncccc12. The molecule has 74 valence electrons. The Kier molecular flexibility index (Phi) is 2.88. The Morgan fingerprint density at radius 3 is 2.53 bits per heavy atom. The second-order valence-electron chi connectivity index (χ2n) is 3.21. The van der Waals surface area contributed by atoms with Crippen molar-refractivity contribution in [3.8, 4) is 0 Å². The van der Waals surface area contributed by atoms with E-state index < -0.39 is 0 Å². The van der Waals surface area contributed by atoms with Crippen molar-refractivity contribution in [1.82, 2.24) is 9.97 Å².